The van der Waals surface area contributed by atoms with Crippen LogP contribution in [0.1, 0.15) is 27.8 Å². The number of hydrogen-bond donors (Lipinski definition) is 0. The van der Waals surface area contributed by atoms with Crippen LogP contribution in [0.2, 0.25) is 0 Å². The van der Waals surface area contributed by atoms with Gasteiger partial charge in [-0.3, -0.25) is 4.79 Å². The quantitative estimate of drug-likeness (QED) is 0.498. The Labute approximate surface area is 156 Å². The van der Waals surface area contributed by atoms with Crippen LogP contribution in [0.3, 0.4) is 0 Å². The van der Waals surface area contributed by atoms with Crippen LogP contribution >= 0.6 is 0 Å². The van der Waals surface area contributed by atoms with Gasteiger partial charge in [-0.05, 0) is 31.2 Å². The van der Waals surface area contributed by atoms with Gasteiger partial charge in [0.1, 0.15) is 17.3 Å². The summed E-state index contributed by atoms with van der Waals surface area (Å²) in [6.45, 7) is 2.48. The maximum Gasteiger partial charge on any atom is 0.276 e. The van der Waals surface area contributed by atoms with E-state index in [1.165, 1.54) is 0 Å². The second-order valence-corrected chi connectivity index (χ2v) is 6.20. The van der Waals surface area contributed by atoms with Crippen LogP contribution < -0.4 is 0 Å². The molecule has 0 aliphatic carbocycles. The molecule has 3 aromatic heterocycles. The number of rotatable bonds is 6. The summed E-state index contributed by atoms with van der Waals surface area (Å²) in [6.07, 6.45) is 1.58. The fourth-order valence-corrected chi connectivity index (χ4v) is 2.82. The van der Waals surface area contributed by atoms with Gasteiger partial charge in [0.05, 0.1) is 19.4 Å². The van der Waals surface area contributed by atoms with Crippen LogP contribution in [0.25, 0.3) is 11.3 Å². The third-order valence-corrected chi connectivity index (χ3v) is 4.14. The van der Waals surface area contributed by atoms with Crippen molar-refractivity contribution in [2.45, 2.75) is 20.0 Å². The van der Waals surface area contributed by atoms with Gasteiger partial charge in [0.25, 0.3) is 5.91 Å². The first-order chi connectivity index (χ1) is 13.2. The lowest BCUT2D eigenvalue weighted by molar-refractivity contribution is 0.0693. The van der Waals surface area contributed by atoms with E-state index in [4.69, 9.17) is 13.4 Å². The molecule has 4 aromatic rings. The van der Waals surface area contributed by atoms with Crippen molar-refractivity contribution in [3.05, 3.63) is 89.9 Å². The van der Waals surface area contributed by atoms with Gasteiger partial charge in [0.15, 0.2) is 11.5 Å². The molecule has 0 N–H and O–H groups in total. The van der Waals surface area contributed by atoms with Crippen LogP contribution in [0.5, 0.6) is 0 Å². The van der Waals surface area contributed by atoms with Crippen molar-refractivity contribution in [1.29, 1.82) is 0 Å². The van der Waals surface area contributed by atoms with Crippen LogP contribution in [0.15, 0.2) is 80.3 Å². The molecule has 1 aromatic carbocycles. The van der Waals surface area contributed by atoms with Crippen molar-refractivity contribution >= 4 is 5.91 Å². The monoisotopic (exact) mass is 362 g/mol. The van der Waals surface area contributed by atoms with Gasteiger partial charge in [-0.25, -0.2) is 0 Å². The molecule has 0 aliphatic heterocycles. The molecule has 0 saturated carbocycles. The molecular formula is C21H18N2O4. The van der Waals surface area contributed by atoms with Crippen LogP contribution in [0.4, 0.5) is 0 Å². The molecule has 4 rings (SSSR count). The number of carbonyl (C=O) groups is 1. The molecule has 0 saturated heterocycles. The molecule has 0 bridgehead atoms. The molecule has 0 fully saturated rings. The number of furan rings is 2. The Morgan fingerprint density at radius 1 is 1.00 bits per heavy atom. The van der Waals surface area contributed by atoms with Gasteiger partial charge in [0.2, 0.25) is 0 Å². The van der Waals surface area contributed by atoms with Gasteiger partial charge >= 0.3 is 0 Å². The SMILES string of the molecule is Cc1ccc(CN(Cc2ccco2)C(=O)c2cc(-c3ccccc3)on2)o1. The van der Waals surface area contributed by atoms with Gasteiger partial charge in [0, 0.05) is 11.6 Å². The molecule has 1 amide bonds. The highest BCUT2D eigenvalue weighted by molar-refractivity contribution is 5.93. The van der Waals surface area contributed by atoms with Crippen LogP contribution in [-0.4, -0.2) is 16.0 Å². The van der Waals surface area contributed by atoms with E-state index in [-0.39, 0.29) is 11.6 Å². The van der Waals surface area contributed by atoms with E-state index in [9.17, 15) is 4.79 Å². The van der Waals surface area contributed by atoms with E-state index in [1.54, 1.807) is 23.3 Å². The van der Waals surface area contributed by atoms with Crippen molar-refractivity contribution in [1.82, 2.24) is 10.1 Å². The van der Waals surface area contributed by atoms with Crippen LogP contribution in [-0.2, 0) is 13.1 Å². The standard InChI is InChI=1S/C21H18N2O4/c1-15-9-10-18(26-15)14-23(13-17-8-5-11-25-17)21(24)19-12-20(27-22-19)16-6-3-2-4-7-16/h2-12H,13-14H2,1H3. The highest BCUT2D eigenvalue weighted by atomic mass is 16.5. The Morgan fingerprint density at radius 3 is 2.52 bits per heavy atom. The number of aromatic nitrogens is 1. The zero-order valence-corrected chi connectivity index (χ0v) is 14.8. The molecule has 0 unspecified atom stereocenters. The van der Waals surface area contributed by atoms with Gasteiger partial charge < -0.3 is 18.3 Å². The summed E-state index contributed by atoms with van der Waals surface area (Å²) in [5.41, 5.74) is 1.10. The van der Waals surface area contributed by atoms with Crippen molar-refractivity contribution in [3.8, 4) is 11.3 Å². The molecular weight excluding hydrogens is 344 g/mol. The summed E-state index contributed by atoms with van der Waals surface area (Å²) in [5.74, 6) is 2.46. The Bertz CT molecular complexity index is 1020. The topological polar surface area (TPSA) is 72.6 Å². The maximum atomic E-state index is 13.0. The lowest BCUT2D eigenvalue weighted by Crippen LogP contribution is -2.30. The van der Waals surface area contributed by atoms with E-state index < -0.39 is 0 Å². The Balaban J connectivity index is 1.59. The van der Waals surface area contributed by atoms with E-state index in [0.717, 1.165) is 11.3 Å². The minimum Gasteiger partial charge on any atom is -0.467 e. The second kappa shape index (κ2) is 7.37. The van der Waals surface area contributed by atoms with E-state index in [1.807, 2.05) is 55.5 Å². The van der Waals surface area contributed by atoms with Crippen molar-refractivity contribution in [2.75, 3.05) is 0 Å². The fourth-order valence-electron chi connectivity index (χ4n) is 2.82. The molecule has 136 valence electrons. The second-order valence-electron chi connectivity index (χ2n) is 6.20. The van der Waals surface area contributed by atoms with Gasteiger partial charge in [-0.15, -0.1) is 0 Å². The fraction of sp³-hybridized carbons (Fsp3) is 0.143. The highest BCUT2D eigenvalue weighted by Crippen LogP contribution is 2.22. The molecule has 0 atom stereocenters. The first kappa shape index (κ1) is 16.9. The number of nitrogens with zero attached hydrogens (tertiary/aromatic N) is 2. The Hall–Kier alpha value is -3.54. The largest absolute Gasteiger partial charge is 0.467 e. The first-order valence-corrected chi connectivity index (χ1v) is 8.58. The van der Waals surface area contributed by atoms with Crippen LogP contribution in [0, 0.1) is 6.92 Å². The molecule has 3 heterocycles. The number of amides is 1. The molecule has 0 radical (unpaired) electrons. The molecule has 0 spiro atoms. The van der Waals surface area contributed by atoms with E-state index in [2.05, 4.69) is 5.16 Å². The van der Waals surface area contributed by atoms with Gasteiger partial charge in [-0.2, -0.15) is 0 Å². The highest BCUT2D eigenvalue weighted by Gasteiger charge is 2.23. The van der Waals surface area contributed by atoms with E-state index >= 15 is 0 Å². The normalized spacial score (nSPS) is 10.9. The third-order valence-electron chi connectivity index (χ3n) is 4.14. The average Bonchev–Trinajstić information content (AvgIpc) is 3.44. The minimum absolute atomic E-state index is 0.240. The third kappa shape index (κ3) is 3.84. The number of hydrogen-bond acceptors (Lipinski definition) is 5. The summed E-state index contributed by atoms with van der Waals surface area (Å²) >= 11 is 0. The molecule has 27 heavy (non-hydrogen) atoms. The molecule has 6 heteroatoms. The summed E-state index contributed by atoms with van der Waals surface area (Å²) in [6, 6.07) is 18.5. The number of benzene rings is 1. The summed E-state index contributed by atoms with van der Waals surface area (Å²) in [5, 5.41) is 3.96. The zero-order valence-electron chi connectivity index (χ0n) is 14.8. The number of carbonyl (C=O) groups excluding carboxylic acids is 1. The van der Waals surface area contributed by atoms with Crippen molar-refractivity contribution in [3.63, 3.8) is 0 Å². The maximum absolute atomic E-state index is 13.0. The lowest BCUT2D eigenvalue weighted by Gasteiger charge is -2.19. The minimum atomic E-state index is -0.258. The summed E-state index contributed by atoms with van der Waals surface area (Å²) in [7, 11) is 0. The summed E-state index contributed by atoms with van der Waals surface area (Å²) in [4.78, 5) is 14.7. The lowest BCUT2D eigenvalue weighted by atomic mass is 10.1. The molecule has 6 nitrogen and oxygen atoms in total. The smallest absolute Gasteiger partial charge is 0.276 e. The summed E-state index contributed by atoms with van der Waals surface area (Å²) < 4.78 is 16.4. The van der Waals surface area contributed by atoms with Crippen molar-refractivity contribution < 1.29 is 18.2 Å². The zero-order chi connectivity index (χ0) is 18.6. The predicted molar refractivity (Wildman–Crippen MR) is 97.7 cm³/mol. The van der Waals surface area contributed by atoms with Crippen molar-refractivity contribution in [2.24, 2.45) is 0 Å². The molecule has 0 aliphatic rings. The van der Waals surface area contributed by atoms with Gasteiger partial charge in [-0.1, -0.05) is 35.5 Å². The van der Waals surface area contributed by atoms with E-state index in [0.29, 0.717) is 30.4 Å². The predicted octanol–water partition coefficient (Wildman–Crippen LogP) is 4.68. The Morgan fingerprint density at radius 2 is 1.81 bits per heavy atom. The average molecular weight is 362 g/mol. The first-order valence-electron chi connectivity index (χ1n) is 8.58. The Kier molecular flexibility index (Phi) is 4.61. The number of aryl methyl sites for hydroxylation is 1.